The Kier molecular flexibility index (Phi) is 4.39. The van der Waals surface area contributed by atoms with Crippen LogP contribution in [0, 0.1) is 0 Å². The molecule has 0 amide bonds. The molecule has 0 bridgehead atoms. The maximum Gasteiger partial charge on any atom is 0.157 e. The quantitative estimate of drug-likeness (QED) is 0.471. The van der Waals surface area contributed by atoms with E-state index < -0.39 is 6.10 Å². The van der Waals surface area contributed by atoms with Crippen molar-refractivity contribution < 1.29 is 30.3 Å². The third-order valence-electron chi connectivity index (χ3n) is 2.92. The summed E-state index contributed by atoms with van der Waals surface area (Å²) in [5, 5.41) is 45.1. The molecule has 3 rings (SSSR count). The Hall–Kier alpha value is -2.60. The molecule has 0 radical (unpaired) electrons. The van der Waals surface area contributed by atoms with Crippen LogP contribution in [0.5, 0.6) is 28.7 Å². The van der Waals surface area contributed by atoms with Gasteiger partial charge in [-0.3, -0.25) is 0 Å². The molecule has 0 fully saturated rings. The number of ether oxygens (including phenoxy) is 1. The number of hydrogen-bond acceptors (Lipinski definition) is 6. The van der Waals surface area contributed by atoms with Crippen LogP contribution in [0.25, 0.3) is 0 Å². The van der Waals surface area contributed by atoms with Crippen molar-refractivity contribution in [3.05, 3.63) is 42.0 Å². The monoisotopic (exact) mass is 292 g/mol. The molecule has 0 spiro atoms. The van der Waals surface area contributed by atoms with Crippen molar-refractivity contribution in [1.82, 2.24) is 0 Å². The number of aromatic hydroxyl groups is 4. The van der Waals surface area contributed by atoms with Crippen molar-refractivity contribution in [2.24, 2.45) is 0 Å². The summed E-state index contributed by atoms with van der Waals surface area (Å²) in [7, 11) is 0. The molecule has 0 aliphatic carbocycles. The SMILES string of the molecule is Oc1cc(O)c2c(c1)OC[C@@H](O)C2.Oc1ccccc1O. The van der Waals surface area contributed by atoms with E-state index in [9.17, 15) is 10.2 Å². The Morgan fingerprint density at radius 1 is 0.905 bits per heavy atom. The number of phenols is 4. The second kappa shape index (κ2) is 6.23. The lowest BCUT2D eigenvalue weighted by Gasteiger charge is -2.22. The molecule has 6 heteroatoms. The Labute approximate surface area is 121 Å². The minimum absolute atomic E-state index is 0.0336. The van der Waals surface area contributed by atoms with Crippen LogP contribution in [-0.2, 0) is 6.42 Å². The van der Waals surface area contributed by atoms with E-state index in [1.54, 1.807) is 12.1 Å². The molecule has 2 aromatic rings. The summed E-state index contributed by atoms with van der Waals surface area (Å²) in [6.07, 6.45) is -0.218. The third kappa shape index (κ3) is 3.70. The topological polar surface area (TPSA) is 110 Å². The standard InChI is InChI=1S/C9H10O4.C6H6O2/c10-5-2-8(12)7-1-6(11)4-13-9(7)3-5;7-5-3-1-2-4-6(5)8/h2-3,6,10-12H,1,4H2;1-4,7-8H/t6-;/m0./s1. The van der Waals surface area contributed by atoms with E-state index in [4.69, 9.17) is 20.1 Å². The zero-order valence-electron chi connectivity index (χ0n) is 11.1. The average Bonchev–Trinajstić information content (AvgIpc) is 2.44. The van der Waals surface area contributed by atoms with Crippen molar-refractivity contribution in [1.29, 1.82) is 0 Å². The van der Waals surface area contributed by atoms with E-state index in [1.165, 1.54) is 24.3 Å². The summed E-state index contributed by atoms with van der Waals surface area (Å²) >= 11 is 0. The molecular formula is C15H16O6. The number of hydrogen-bond donors (Lipinski definition) is 5. The summed E-state index contributed by atoms with van der Waals surface area (Å²) < 4.78 is 5.13. The van der Waals surface area contributed by atoms with Gasteiger partial charge in [0.25, 0.3) is 0 Å². The molecule has 6 nitrogen and oxygen atoms in total. The minimum atomic E-state index is -0.581. The van der Waals surface area contributed by atoms with Gasteiger partial charge in [0.2, 0.25) is 0 Å². The van der Waals surface area contributed by atoms with Crippen molar-refractivity contribution in [2.75, 3.05) is 6.61 Å². The van der Waals surface area contributed by atoms with Gasteiger partial charge in [0.1, 0.15) is 23.9 Å². The van der Waals surface area contributed by atoms with E-state index in [0.717, 1.165) is 0 Å². The van der Waals surface area contributed by atoms with E-state index in [-0.39, 0.29) is 29.6 Å². The Balaban J connectivity index is 0.000000173. The number of fused-ring (bicyclic) bond motifs is 1. The van der Waals surface area contributed by atoms with Gasteiger partial charge in [-0.15, -0.1) is 0 Å². The predicted octanol–water partition coefficient (Wildman–Crippen LogP) is 1.49. The van der Waals surface area contributed by atoms with Crippen molar-refractivity contribution in [3.8, 4) is 28.7 Å². The first kappa shape index (κ1) is 14.8. The Morgan fingerprint density at radius 2 is 1.52 bits per heavy atom. The predicted molar refractivity (Wildman–Crippen MR) is 74.7 cm³/mol. The fraction of sp³-hybridized carbons (Fsp3) is 0.200. The number of aliphatic hydroxyl groups is 1. The summed E-state index contributed by atoms with van der Waals surface area (Å²) in [6.45, 7) is 0.204. The van der Waals surface area contributed by atoms with Crippen LogP contribution < -0.4 is 4.74 Å². The summed E-state index contributed by atoms with van der Waals surface area (Å²) in [6, 6.07) is 8.82. The second-order valence-corrected chi connectivity index (χ2v) is 4.60. The zero-order chi connectivity index (χ0) is 15.4. The molecule has 1 atom stereocenters. The molecule has 1 aliphatic heterocycles. The number of phenolic OH excluding ortho intramolecular Hbond substituents is 4. The largest absolute Gasteiger partial charge is 0.508 e. The van der Waals surface area contributed by atoms with E-state index in [2.05, 4.69) is 0 Å². The third-order valence-corrected chi connectivity index (χ3v) is 2.92. The Bertz CT molecular complexity index is 605. The van der Waals surface area contributed by atoms with Crippen molar-refractivity contribution in [3.63, 3.8) is 0 Å². The molecule has 2 aromatic carbocycles. The highest BCUT2D eigenvalue weighted by atomic mass is 16.5. The molecule has 5 N–H and O–H groups in total. The first-order valence-electron chi connectivity index (χ1n) is 6.30. The van der Waals surface area contributed by atoms with E-state index >= 15 is 0 Å². The van der Waals surface area contributed by atoms with Crippen LogP contribution in [-0.4, -0.2) is 38.2 Å². The first-order valence-corrected chi connectivity index (χ1v) is 6.30. The van der Waals surface area contributed by atoms with Gasteiger partial charge in [-0.2, -0.15) is 0 Å². The molecule has 0 saturated carbocycles. The molecular weight excluding hydrogens is 276 g/mol. The van der Waals surface area contributed by atoms with Gasteiger partial charge < -0.3 is 30.3 Å². The average molecular weight is 292 g/mol. The van der Waals surface area contributed by atoms with Gasteiger partial charge in [0.15, 0.2) is 11.5 Å². The molecule has 0 unspecified atom stereocenters. The van der Waals surface area contributed by atoms with Gasteiger partial charge >= 0.3 is 0 Å². The van der Waals surface area contributed by atoms with Gasteiger partial charge in [0.05, 0.1) is 6.10 Å². The van der Waals surface area contributed by atoms with Crippen molar-refractivity contribution >= 4 is 0 Å². The van der Waals surface area contributed by atoms with Gasteiger partial charge in [-0.1, -0.05) is 12.1 Å². The van der Waals surface area contributed by atoms with Crippen LogP contribution >= 0.6 is 0 Å². The fourth-order valence-electron chi connectivity index (χ4n) is 1.90. The molecule has 112 valence electrons. The molecule has 21 heavy (non-hydrogen) atoms. The summed E-state index contributed by atoms with van der Waals surface area (Å²) in [4.78, 5) is 0. The highest BCUT2D eigenvalue weighted by Gasteiger charge is 2.21. The highest BCUT2D eigenvalue weighted by molar-refractivity contribution is 5.50. The highest BCUT2D eigenvalue weighted by Crippen LogP contribution is 2.35. The lowest BCUT2D eigenvalue weighted by molar-refractivity contribution is 0.0906. The lowest BCUT2D eigenvalue weighted by Crippen LogP contribution is -2.25. The number of rotatable bonds is 0. The molecule has 1 aliphatic rings. The van der Waals surface area contributed by atoms with Gasteiger partial charge in [0, 0.05) is 24.1 Å². The maximum atomic E-state index is 9.40. The van der Waals surface area contributed by atoms with Crippen LogP contribution in [0.1, 0.15) is 5.56 Å². The first-order chi connectivity index (χ1) is 9.97. The van der Waals surface area contributed by atoms with Gasteiger partial charge in [-0.25, -0.2) is 0 Å². The van der Waals surface area contributed by atoms with Crippen LogP contribution in [0.2, 0.25) is 0 Å². The summed E-state index contributed by atoms with van der Waals surface area (Å²) in [5.74, 6) is 0.226. The van der Waals surface area contributed by atoms with Crippen molar-refractivity contribution in [2.45, 2.75) is 12.5 Å². The fourth-order valence-corrected chi connectivity index (χ4v) is 1.90. The van der Waals surface area contributed by atoms with E-state index in [1.807, 2.05) is 0 Å². The summed E-state index contributed by atoms with van der Waals surface area (Å²) in [5.41, 5.74) is 0.552. The minimum Gasteiger partial charge on any atom is -0.508 e. The molecule has 0 aromatic heterocycles. The number of aliphatic hydroxyl groups excluding tert-OH is 1. The lowest BCUT2D eigenvalue weighted by atomic mass is 10.0. The van der Waals surface area contributed by atoms with E-state index in [0.29, 0.717) is 17.7 Å². The van der Waals surface area contributed by atoms with Crippen LogP contribution in [0.4, 0.5) is 0 Å². The smallest absolute Gasteiger partial charge is 0.157 e. The number of benzene rings is 2. The van der Waals surface area contributed by atoms with Gasteiger partial charge in [-0.05, 0) is 12.1 Å². The van der Waals surface area contributed by atoms with Crippen LogP contribution in [0.3, 0.4) is 0 Å². The second-order valence-electron chi connectivity index (χ2n) is 4.60. The van der Waals surface area contributed by atoms with Crippen LogP contribution in [0.15, 0.2) is 36.4 Å². The normalized spacial score (nSPS) is 16.1. The molecule has 1 heterocycles. The maximum absolute atomic E-state index is 9.40. The Morgan fingerprint density at radius 3 is 2.10 bits per heavy atom. The number of para-hydroxylation sites is 2. The zero-order valence-corrected chi connectivity index (χ0v) is 11.1. The molecule has 0 saturated heterocycles.